The first-order chi connectivity index (χ1) is 15.7. The number of hydrogen-bond donors (Lipinski definition) is 2. The number of aliphatic hydroxyl groups excluding tert-OH is 2. The molecule has 0 spiro atoms. The van der Waals surface area contributed by atoms with E-state index in [4.69, 9.17) is 23.2 Å². The van der Waals surface area contributed by atoms with Gasteiger partial charge in [0.25, 0.3) is 0 Å². The second-order valence-electron chi connectivity index (χ2n) is 9.38. The minimum atomic E-state index is -0.674. The Bertz CT molecular complexity index is 881. The topological polar surface area (TPSA) is 84.3 Å². The number of benzene rings is 1. The van der Waals surface area contributed by atoms with Gasteiger partial charge in [-0.1, -0.05) is 36.2 Å². The molecule has 2 heterocycles. The van der Waals surface area contributed by atoms with Gasteiger partial charge in [0, 0.05) is 63.8 Å². The summed E-state index contributed by atoms with van der Waals surface area (Å²) in [6, 6.07) is 5.14. The maximum Gasteiger partial charge on any atom is 0.246 e. The SMILES string of the molecule is CC1(CO)CCCN(CC(O)CN2CCN(C(=O)C=Cc3ccc(Cl)c(Cl)c3)CCC2=O)C1. The average molecular weight is 498 g/mol. The van der Waals surface area contributed by atoms with Gasteiger partial charge in [-0.05, 0) is 43.2 Å². The van der Waals surface area contributed by atoms with E-state index in [1.165, 1.54) is 6.08 Å². The molecule has 0 bridgehead atoms. The Morgan fingerprint density at radius 1 is 1.18 bits per heavy atom. The molecule has 2 unspecified atom stereocenters. The van der Waals surface area contributed by atoms with E-state index in [2.05, 4.69) is 11.8 Å². The molecule has 2 saturated heterocycles. The molecule has 33 heavy (non-hydrogen) atoms. The van der Waals surface area contributed by atoms with Crippen LogP contribution in [0.1, 0.15) is 31.7 Å². The lowest BCUT2D eigenvalue weighted by Gasteiger charge is -2.40. The first-order valence-corrected chi connectivity index (χ1v) is 12.2. The van der Waals surface area contributed by atoms with E-state index in [-0.39, 0.29) is 36.8 Å². The Morgan fingerprint density at radius 3 is 2.70 bits per heavy atom. The molecule has 2 amide bonds. The van der Waals surface area contributed by atoms with E-state index in [0.29, 0.717) is 36.2 Å². The Balaban J connectivity index is 1.51. The van der Waals surface area contributed by atoms with Crippen molar-refractivity contribution >= 4 is 41.1 Å². The van der Waals surface area contributed by atoms with Crippen molar-refractivity contribution in [2.45, 2.75) is 32.3 Å². The number of carbonyl (C=O) groups excluding carboxylic acids is 2. The molecule has 2 aliphatic heterocycles. The van der Waals surface area contributed by atoms with Crippen molar-refractivity contribution in [3.8, 4) is 0 Å². The molecular weight excluding hydrogens is 465 g/mol. The van der Waals surface area contributed by atoms with Crippen molar-refractivity contribution in [1.82, 2.24) is 14.7 Å². The number of halogens is 2. The normalized spacial score (nSPS) is 23.7. The molecule has 2 atom stereocenters. The third kappa shape index (κ3) is 7.42. The van der Waals surface area contributed by atoms with E-state index in [9.17, 15) is 19.8 Å². The zero-order valence-corrected chi connectivity index (χ0v) is 20.6. The molecule has 3 rings (SSSR count). The maximum atomic E-state index is 12.6. The van der Waals surface area contributed by atoms with Crippen LogP contribution in [0.5, 0.6) is 0 Å². The van der Waals surface area contributed by atoms with Gasteiger partial charge in [-0.15, -0.1) is 0 Å². The third-order valence-corrected chi connectivity index (χ3v) is 7.14. The second-order valence-corrected chi connectivity index (χ2v) is 10.2. The third-order valence-electron chi connectivity index (χ3n) is 6.40. The van der Waals surface area contributed by atoms with Crippen LogP contribution in [0.25, 0.3) is 6.08 Å². The minimum absolute atomic E-state index is 0.0587. The molecule has 2 N–H and O–H groups in total. The standard InChI is InChI=1S/C24H33Cl2N3O4/c1-24(17-30)8-2-9-27(16-24)14-19(31)15-29-12-11-28(10-7-23(29)33)22(32)6-4-18-3-5-20(25)21(26)13-18/h3-6,13,19,30-31H,2,7-12,14-17H2,1H3. The summed E-state index contributed by atoms with van der Waals surface area (Å²) in [4.78, 5) is 30.7. The lowest BCUT2D eigenvalue weighted by atomic mass is 9.83. The summed E-state index contributed by atoms with van der Waals surface area (Å²) in [5.74, 6) is -0.232. The number of aliphatic hydroxyl groups is 2. The fraction of sp³-hybridized carbons (Fsp3) is 0.583. The molecule has 1 aromatic rings. The predicted molar refractivity (Wildman–Crippen MR) is 130 cm³/mol. The number of carbonyl (C=O) groups is 2. The van der Waals surface area contributed by atoms with E-state index in [1.807, 2.05) is 0 Å². The van der Waals surface area contributed by atoms with E-state index < -0.39 is 6.10 Å². The van der Waals surface area contributed by atoms with Gasteiger partial charge in [-0.3, -0.25) is 9.59 Å². The fourth-order valence-electron chi connectivity index (χ4n) is 4.49. The molecule has 2 aliphatic rings. The molecule has 0 saturated carbocycles. The number of amides is 2. The number of β-amino-alcohol motifs (C(OH)–C–C–N with tert-alkyl or cyclic N) is 1. The maximum absolute atomic E-state index is 12.6. The van der Waals surface area contributed by atoms with Crippen LogP contribution < -0.4 is 0 Å². The van der Waals surface area contributed by atoms with Gasteiger partial charge < -0.3 is 24.9 Å². The Kier molecular flexibility index (Phi) is 9.18. The predicted octanol–water partition coefficient (Wildman–Crippen LogP) is 2.52. The van der Waals surface area contributed by atoms with E-state index in [1.54, 1.807) is 34.1 Å². The smallest absolute Gasteiger partial charge is 0.246 e. The van der Waals surface area contributed by atoms with Gasteiger partial charge in [0.15, 0.2) is 0 Å². The summed E-state index contributed by atoms with van der Waals surface area (Å²) in [7, 11) is 0. The van der Waals surface area contributed by atoms with Crippen LogP contribution >= 0.6 is 23.2 Å². The van der Waals surface area contributed by atoms with E-state index >= 15 is 0 Å². The lowest BCUT2D eigenvalue weighted by molar-refractivity contribution is -0.132. The molecule has 0 aliphatic carbocycles. The fourth-order valence-corrected chi connectivity index (χ4v) is 4.80. The van der Waals surface area contributed by atoms with Crippen LogP contribution in [0.2, 0.25) is 10.0 Å². The van der Waals surface area contributed by atoms with Crippen LogP contribution in [-0.2, 0) is 9.59 Å². The number of likely N-dealkylation sites (tertiary alicyclic amines) is 1. The van der Waals surface area contributed by atoms with Crippen molar-refractivity contribution < 1.29 is 19.8 Å². The van der Waals surface area contributed by atoms with Gasteiger partial charge in [-0.25, -0.2) is 0 Å². The molecule has 0 radical (unpaired) electrons. The Hall–Kier alpha value is -1.64. The summed E-state index contributed by atoms with van der Waals surface area (Å²) < 4.78 is 0. The van der Waals surface area contributed by atoms with Gasteiger partial charge in [0.05, 0.1) is 16.1 Å². The monoisotopic (exact) mass is 497 g/mol. The van der Waals surface area contributed by atoms with Crippen molar-refractivity contribution in [1.29, 1.82) is 0 Å². The van der Waals surface area contributed by atoms with Gasteiger partial charge in [0.1, 0.15) is 0 Å². The van der Waals surface area contributed by atoms with Crippen LogP contribution in [-0.4, -0.2) is 95.3 Å². The van der Waals surface area contributed by atoms with E-state index in [0.717, 1.165) is 31.5 Å². The highest BCUT2D eigenvalue weighted by molar-refractivity contribution is 6.42. The highest BCUT2D eigenvalue weighted by Gasteiger charge is 2.32. The van der Waals surface area contributed by atoms with Crippen LogP contribution in [0.15, 0.2) is 24.3 Å². The summed E-state index contributed by atoms with van der Waals surface area (Å²) >= 11 is 11.9. The minimum Gasteiger partial charge on any atom is -0.396 e. The van der Waals surface area contributed by atoms with Gasteiger partial charge >= 0.3 is 0 Å². The summed E-state index contributed by atoms with van der Waals surface area (Å²) in [5, 5.41) is 21.1. The molecule has 182 valence electrons. The average Bonchev–Trinajstić information content (AvgIpc) is 2.96. The highest BCUT2D eigenvalue weighted by Crippen LogP contribution is 2.28. The number of piperidine rings is 1. The lowest BCUT2D eigenvalue weighted by Crippen LogP contribution is -2.49. The van der Waals surface area contributed by atoms with Crippen molar-refractivity contribution in [2.75, 3.05) is 52.4 Å². The quantitative estimate of drug-likeness (QED) is 0.565. The van der Waals surface area contributed by atoms with Crippen LogP contribution in [0.4, 0.5) is 0 Å². The van der Waals surface area contributed by atoms with Gasteiger partial charge in [-0.2, -0.15) is 0 Å². The van der Waals surface area contributed by atoms with Crippen LogP contribution in [0.3, 0.4) is 0 Å². The zero-order chi connectivity index (χ0) is 24.0. The Morgan fingerprint density at radius 2 is 1.97 bits per heavy atom. The zero-order valence-electron chi connectivity index (χ0n) is 19.1. The van der Waals surface area contributed by atoms with Crippen LogP contribution in [0, 0.1) is 5.41 Å². The van der Waals surface area contributed by atoms with Gasteiger partial charge in [0.2, 0.25) is 11.8 Å². The molecule has 9 heteroatoms. The first-order valence-electron chi connectivity index (χ1n) is 11.4. The molecular formula is C24H33Cl2N3O4. The Labute approximate surface area is 205 Å². The summed E-state index contributed by atoms with van der Waals surface area (Å²) in [5.41, 5.74) is 0.630. The van der Waals surface area contributed by atoms with Crippen molar-refractivity contribution in [2.24, 2.45) is 5.41 Å². The number of rotatable bonds is 7. The summed E-state index contributed by atoms with van der Waals surface area (Å²) in [6.45, 7) is 5.67. The molecule has 0 aromatic heterocycles. The molecule has 2 fully saturated rings. The molecule has 7 nitrogen and oxygen atoms in total. The van der Waals surface area contributed by atoms with Crippen molar-refractivity contribution in [3.05, 3.63) is 39.9 Å². The largest absolute Gasteiger partial charge is 0.396 e. The highest BCUT2D eigenvalue weighted by atomic mass is 35.5. The second kappa shape index (κ2) is 11.7. The summed E-state index contributed by atoms with van der Waals surface area (Å²) in [6.07, 6.45) is 4.67. The van der Waals surface area contributed by atoms with Crippen molar-refractivity contribution in [3.63, 3.8) is 0 Å². The number of nitrogens with zero attached hydrogens (tertiary/aromatic N) is 3. The number of hydrogen-bond acceptors (Lipinski definition) is 5. The first kappa shape index (κ1) is 26.0. The molecule has 1 aromatic carbocycles.